The molecule has 1 aliphatic rings. The molecule has 0 saturated heterocycles. The monoisotopic (exact) mass is 554 g/mol. The molecule has 8 heteroatoms. The van der Waals surface area contributed by atoms with Gasteiger partial charge in [-0.3, -0.25) is 4.79 Å². The molecule has 0 aliphatic carbocycles. The molecule has 1 atom stereocenters. The largest absolute Gasteiger partial charge is 0.352 e. The molecule has 2 heterocycles. The zero-order valence-electron chi connectivity index (χ0n) is 23.4. The van der Waals surface area contributed by atoms with Crippen LogP contribution in [0.1, 0.15) is 71.4 Å². The molecule has 0 fully saturated rings. The van der Waals surface area contributed by atoms with Crippen LogP contribution < -0.4 is 10.0 Å². The van der Waals surface area contributed by atoms with E-state index in [2.05, 4.69) is 60.1 Å². The number of benzene rings is 3. The van der Waals surface area contributed by atoms with Gasteiger partial charge in [0.25, 0.3) is 15.9 Å². The van der Waals surface area contributed by atoms with E-state index >= 15 is 0 Å². The number of fused-ring (bicyclic) bond motifs is 4. The summed E-state index contributed by atoms with van der Waals surface area (Å²) < 4.78 is 29.4. The number of aromatic nitrogens is 2. The van der Waals surface area contributed by atoms with E-state index in [1.54, 1.807) is 12.1 Å². The van der Waals surface area contributed by atoms with Gasteiger partial charge in [0.2, 0.25) is 5.95 Å². The number of amides is 1. The highest BCUT2D eigenvalue weighted by Crippen LogP contribution is 2.34. The zero-order valence-corrected chi connectivity index (χ0v) is 24.3. The third-order valence-corrected chi connectivity index (χ3v) is 8.70. The highest BCUT2D eigenvalue weighted by Gasteiger charge is 2.25. The van der Waals surface area contributed by atoms with Gasteiger partial charge in [0.1, 0.15) is 0 Å². The van der Waals surface area contributed by atoms with E-state index in [-0.39, 0.29) is 33.6 Å². The summed E-state index contributed by atoms with van der Waals surface area (Å²) in [5, 5.41) is 2.97. The van der Waals surface area contributed by atoms with E-state index in [1.165, 1.54) is 17.7 Å². The van der Waals surface area contributed by atoms with Crippen LogP contribution in [0.15, 0.2) is 77.7 Å². The van der Waals surface area contributed by atoms with E-state index < -0.39 is 10.0 Å². The van der Waals surface area contributed by atoms with Crippen molar-refractivity contribution in [3.8, 4) is 11.3 Å². The number of carbonyl (C=O) groups excluding carboxylic acids is 1. The van der Waals surface area contributed by atoms with Crippen LogP contribution in [0.3, 0.4) is 0 Å². The van der Waals surface area contributed by atoms with Crippen LogP contribution in [-0.2, 0) is 15.4 Å². The van der Waals surface area contributed by atoms with Crippen molar-refractivity contribution in [3.05, 3.63) is 106 Å². The molecule has 7 nitrogen and oxygen atoms in total. The van der Waals surface area contributed by atoms with E-state index in [9.17, 15) is 13.2 Å². The molecule has 4 bridgehead atoms. The van der Waals surface area contributed by atoms with Crippen LogP contribution in [0.4, 0.5) is 5.95 Å². The summed E-state index contributed by atoms with van der Waals surface area (Å²) in [4.78, 5) is 22.3. The first-order chi connectivity index (χ1) is 18.9. The maximum atomic E-state index is 13.4. The zero-order chi connectivity index (χ0) is 28.7. The fraction of sp³-hybridized carbons (Fsp3) is 0.281. The number of aryl methyl sites for hydroxylation is 2. The fourth-order valence-corrected chi connectivity index (χ4v) is 6.14. The molecule has 40 heavy (non-hydrogen) atoms. The van der Waals surface area contributed by atoms with Gasteiger partial charge in [0, 0.05) is 23.6 Å². The second kappa shape index (κ2) is 10.5. The molecule has 1 aliphatic heterocycles. The molecule has 5 rings (SSSR count). The molecular weight excluding hydrogens is 520 g/mol. The second-order valence-electron chi connectivity index (χ2n) is 11.4. The number of sulfonamides is 1. The van der Waals surface area contributed by atoms with E-state index in [0.717, 1.165) is 22.3 Å². The first kappa shape index (κ1) is 27.5. The van der Waals surface area contributed by atoms with Crippen LogP contribution in [0.25, 0.3) is 11.3 Å². The topological polar surface area (TPSA) is 101 Å². The lowest BCUT2D eigenvalue weighted by Gasteiger charge is -2.22. The summed E-state index contributed by atoms with van der Waals surface area (Å²) >= 11 is 0. The van der Waals surface area contributed by atoms with Gasteiger partial charge in [-0.2, -0.15) is 0 Å². The number of rotatable bonds is 2. The van der Waals surface area contributed by atoms with Crippen molar-refractivity contribution in [2.24, 2.45) is 0 Å². The summed E-state index contributed by atoms with van der Waals surface area (Å²) in [6, 6.07) is 22.4. The molecule has 1 unspecified atom stereocenters. The standard InChI is InChI=1S/C32H34N4O3S/c1-20-8-6-9-21(2)29(20)28-19-27-26(22-12-14-24(15-13-22)32(3,4)5)16-17-33-30(37)23-10-7-11-25(18-23)40(38,39)36-31(34-27)35-28/h6-15,18-19,26H,16-17H2,1-5H3,(H,33,37)(H,34,35,36). The Labute approximate surface area is 236 Å². The lowest BCUT2D eigenvalue weighted by Crippen LogP contribution is -2.26. The van der Waals surface area contributed by atoms with E-state index in [1.807, 2.05) is 38.1 Å². The number of nitrogens with one attached hydrogen (secondary N) is 2. The van der Waals surface area contributed by atoms with Crippen molar-refractivity contribution in [1.82, 2.24) is 15.3 Å². The van der Waals surface area contributed by atoms with Gasteiger partial charge >= 0.3 is 0 Å². The molecule has 0 saturated carbocycles. The van der Waals surface area contributed by atoms with E-state index in [4.69, 9.17) is 4.98 Å². The Balaban J connectivity index is 1.71. The van der Waals surface area contributed by atoms with Gasteiger partial charge in [-0.25, -0.2) is 23.1 Å². The van der Waals surface area contributed by atoms with Crippen LogP contribution in [-0.4, -0.2) is 30.8 Å². The molecular formula is C32H34N4O3S. The highest BCUT2D eigenvalue weighted by molar-refractivity contribution is 7.92. The lowest BCUT2D eigenvalue weighted by atomic mass is 9.84. The van der Waals surface area contributed by atoms with Crippen molar-refractivity contribution in [2.75, 3.05) is 11.3 Å². The lowest BCUT2D eigenvalue weighted by molar-refractivity contribution is 0.0952. The van der Waals surface area contributed by atoms with Crippen molar-refractivity contribution in [1.29, 1.82) is 0 Å². The smallest absolute Gasteiger partial charge is 0.264 e. The van der Waals surface area contributed by atoms with Crippen molar-refractivity contribution >= 4 is 21.9 Å². The molecule has 206 valence electrons. The van der Waals surface area contributed by atoms with Gasteiger partial charge in [0.05, 0.1) is 16.3 Å². The summed E-state index contributed by atoms with van der Waals surface area (Å²) in [6.07, 6.45) is 0.565. The van der Waals surface area contributed by atoms with Crippen molar-refractivity contribution in [3.63, 3.8) is 0 Å². The first-order valence-electron chi connectivity index (χ1n) is 13.4. The van der Waals surface area contributed by atoms with Gasteiger partial charge in [0.15, 0.2) is 0 Å². The third kappa shape index (κ3) is 5.63. The Morgan fingerprint density at radius 1 is 0.875 bits per heavy atom. The number of nitrogens with zero attached hydrogens (tertiary/aromatic N) is 2. The minimum Gasteiger partial charge on any atom is -0.352 e. The maximum absolute atomic E-state index is 13.4. The minimum absolute atomic E-state index is 0.000893. The van der Waals surface area contributed by atoms with Gasteiger partial charge in [-0.1, -0.05) is 69.3 Å². The molecule has 0 spiro atoms. The van der Waals surface area contributed by atoms with Crippen LogP contribution in [0.5, 0.6) is 0 Å². The predicted molar refractivity (Wildman–Crippen MR) is 158 cm³/mol. The third-order valence-electron chi connectivity index (χ3n) is 7.37. The first-order valence-corrected chi connectivity index (χ1v) is 14.9. The summed E-state index contributed by atoms with van der Waals surface area (Å²) in [6.45, 7) is 10.9. The normalized spacial score (nSPS) is 17.0. The van der Waals surface area contributed by atoms with E-state index in [0.29, 0.717) is 24.4 Å². The van der Waals surface area contributed by atoms with Crippen molar-refractivity contribution in [2.45, 2.75) is 57.3 Å². The predicted octanol–water partition coefficient (Wildman–Crippen LogP) is 6.12. The fourth-order valence-electron chi connectivity index (χ4n) is 5.15. The SMILES string of the molecule is Cc1cccc(C)c1-c1cc2nc(n1)NS(=O)(=O)c1cccc(c1)C(=O)NCCC2c1ccc(C(C)(C)C)cc1. The molecule has 4 aromatic rings. The average Bonchev–Trinajstić information content (AvgIpc) is 2.90. The summed E-state index contributed by atoms with van der Waals surface area (Å²) in [5.41, 5.74) is 6.82. The number of carbonyl (C=O) groups is 1. The molecule has 2 N–H and O–H groups in total. The quantitative estimate of drug-likeness (QED) is 0.311. The molecule has 0 radical (unpaired) electrons. The number of hydrogen-bond donors (Lipinski definition) is 2. The highest BCUT2D eigenvalue weighted by atomic mass is 32.2. The molecule has 3 aromatic carbocycles. The van der Waals surface area contributed by atoms with Crippen LogP contribution >= 0.6 is 0 Å². The minimum atomic E-state index is -4.06. The van der Waals surface area contributed by atoms with Crippen molar-refractivity contribution < 1.29 is 13.2 Å². The Morgan fingerprint density at radius 3 is 2.23 bits per heavy atom. The Bertz CT molecular complexity index is 1670. The number of anilines is 1. The van der Waals surface area contributed by atoms with Crippen LogP contribution in [0.2, 0.25) is 0 Å². The van der Waals surface area contributed by atoms with Gasteiger partial charge in [-0.05, 0) is 72.2 Å². The Morgan fingerprint density at radius 2 is 1.55 bits per heavy atom. The average molecular weight is 555 g/mol. The Hall–Kier alpha value is -4.04. The summed E-state index contributed by atoms with van der Waals surface area (Å²) in [5.74, 6) is -0.546. The van der Waals surface area contributed by atoms with Gasteiger partial charge in [-0.15, -0.1) is 0 Å². The summed E-state index contributed by atoms with van der Waals surface area (Å²) in [7, 11) is -4.06. The number of hydrogen-bond acceptors (Lipinski definition) is 5. The van der Waals surface area contributed by atoms with Gasteiger partial charge < -0.3 is 5.32 Å². The Kier molecular flexibility index (Phi) is 7.23. The maximum Gasteiger partial charge on any atom is 0.264 e. The second-order valence-corrected chi connectivity index (χ2v) is 13.1. The van der Waals surface area contributed by atoms with Crippen LogP contribution in [0, 0.1) is 13.8 Å². The molecule has 1 amide bonds. The molecule has 1 aromatic heterocycles.